The topological polar surface area (TPSA) is 161 Å². The Labute approximate surface area is 264 Å². The fraction of sp³-hybridized carbons (Fsp3) is 0.419. The van der Waals surface area contributed by atoms with E-state index >= 15 is 0 Å². The Balaban J connectivity index is 1.16. The fourth-order valence-electron chi connectivity index (χ4n) is 6.56. The van der Waals surface area contributed by atoms with E-state index in [-0.39, 0.29) is 57.8 Å². The number of likely N-dealkylation sites (tertiary alicyclic amines) is 2. The number of anilines is 1. The number of nitrogen functional groups attached to an aromatic ring is 1. The standard InChI is InChI=1S/C31H36N6O6S2/c1-34-12-8-22-27(34)33-19-37(29(22)39)18-31(41)10-14-35(15-11-31)28(38)21-9-13-36(16-23(21)20-6-4-3-5-7-20)30(40)26-25(32)24(17-44-26)45(2,42)43/h3-8,12,17,19,21,23,41H,9-11,13-16,18,32H2,1-2H3/t21-,23+/m1/s1. The van der Waals surface area contributed by atoms with E-state index in [0.29, 0.717) is 49.9 Å². The fourth-order valence-corrected chi connectivity index (χ4v) is 8.79. The lowest BCUT2D eigenvalue weighted by molar-refractivity contribution is -0.142. The molecule has 14 heteroatoms. The molecule has 45 heavy (non-hydrogen) atoms. The first-order chi connectivity index (χ1) is 21.4. The second kappa shape index (κ2) is 11.7. The number of aromatic nitrogens is 3. The smallest absolute Gasteiger partial charge is 0.266 e. The number of sulfone groups is 1. The van der Waals surface area contributed by atoms with Crippen LogP contribution in [0.3, 0.4) is 0 Å². The van der Waals surface area contributed by atoms with Crippen LogP contribution in [0.5, 0.6) is 0 Å². The van der Waals surface area contributed by atoms with Crippen LogP contribution in [-0.2, 0) is 28.2 Å². The first-order valence-electron chi connectivity index (χ1n) is 14.8. The van der Waals surface area contributed by atoms with Gasteiger partial charge in [0, 0.05) is 62.9 Å². The maximum atomic E-state index is 14.0. The van der Waals surface area contributed by atoms with Crippen LogP contribution >= 0.6 is 11.3 Å². The lowest BCUT2D eigenvalue weighted by Gasteiger charge is -2.43. The first-order valence-corrected chi connectivity index (χ1v) is 17.6. The van der Waals surface area contributed by atoms with Crippen LogP contribution in [0.4, 0.5) is 5.69 Å². The molecule has 5 heterocycles. The number of carbonyl (C=O) groups excluding carboxylic acids is 2. The van der Waals surface area contributed by atoms with E-state index in [1.165, 1.54) is 16.3 Å². The minimum absolute atomic E-state index is 0.0301. The summed E-state index contributed by atoms with van der Waals surface area (Å²) in [6.07, 6.45) is 5.35. The maximum Gasteiger partial charge on any atom is 0.266 e. The molecule has 3 aromatic heterocycles. The molecule has 2 atom stereocenters. The van der Waals surface area contributed by atoms with Crippen LogP contribution in [0.2, 0.25) is 0 Å². The number of carbonyl (C=O) groups is 2. The summed E-state index contributed by atoms with van der Waals surface area (Å²) in [6, 6.07) is 11.3. The molecule has 0 saturated carbocycles. The minimum Gasteiger partial charge on any atom is -0.396 e. The lowest BCUT2D eigenvalue weighted by Crippen LogP contribution is -2.53. The van der Waals surface area contributed by atoms with Crippen molar-refractivity contribution in [1.82, 2.24) is 23.9 Å². The molecule has 3 N–H and O–H groups in total. The van der Waals surface area contributed by atoms with Gasteiger partial charge in [0.05, 0.1) is 23.2 Å². The third-order valence-electron chi connectivity index (χ3n) is 9.15. The Morgan fingerprint density at radius 1 is 1.11 bits per heavy atom. The van der Waals surface area contributed by atoms with Crippen LogP contribution in [-0.4, -0.2) is 87.3 Å². The summed E-state index contributed by atoms with van der Waals surface area (Å²) in [4.78, 5) is 48.5. The third-order valence-corrected chi connectivity index (χ3v) is 11.4. The van der Waals surface area contributed by atoms with Gasteiger partial charge in [-0.05, 0) is 30.9 Å². The van der Waals surface area contributed by atoms with Crippen LogP contribution < -0.4 is 11.3 Å². The largest absolute Gasteiger partial charge is 0.396 e. The van der Waals surface area contributed by atoms with Gasteiger partial charge in [0.1, 0.15) is 21.7 Å². The minimum atomic E-state index is -3.57. The number of nitrogens with zero attached hydrogens (tertiary/aromatic N) is 5. The Bertz CT molecular complexity index is 1920. The normalized spacial score (nSPS) is 20.4. The van der Waals surface area contributed by atoms with E-state index in [0.717, 1.165) is 23.2 Å². The predicted molar refractivity (Wildman–Crippen MR) is 171 cm³/mol. The molecule has 238 valence electrons. The van der Waals surface area contributed by atoms with E-state index in [1.807, 2.05) is 37.4 Å². The summed E-state index contributed by atoms with van der Waals surface area (Å²) < 4.78 is 27.4. The van der Waals surface area contributed by atoms with Crippen LogP contribution in [0.25, 0.3) is 11.0 Å². The molecule has 2 saturated heterocycles. The highest BCUT2D eigenvalue weighted by molar-refractivity contribution is 7.91. The number of hydrogen-bond acceptors (Lipinski definition) is 9. The van der Waals surface area contributed by atoms with Gasteiger partial charge in [-0.2, -0.15) is 0 Å². The number of fused-ring (bicyclic) bond motifs is 1. The molecule has 6 rings (SSSR count). The summed E-state index contributed by atoms with van der Waals surface area (Å²) >= 11 is 1.01. The number of hydrogen-bond donors (Lipinski definition) is 2. The highest BCUT2D eigenvalue weighted by Crippen LogP contribution is 2.37. The number of amides is 2. The monoisotopic (exact) mass is 652 g/mol. The molecule has 12 nitrogen and oxygen atoms in total. The van der Waals surface area contributed by atoms with Gasteiger partial charge in [-0.15, -0.1) is 11.3 Å². The number of nitrogens with two attached hydrogens (primary N) is 1. The number of aryl methyl sites for hydroxylation is 1. The molecule has 0 aliphatic carbocycles. The molecule has 2 fully saturated rings. The van der Waals surface area contributed by atoms with Crippen molar-refractivity contribution < 1.29 is 23.1 Å². The highest BCUT2D eigenvalue weighted by Gasteiger charge is 2.42. The van der Waals surface area contributed by atoms with Crippen LogP contribution in [0, 0.1) is 5.92 Å². The molecule has 2 aliphatic rings. The zero-order valence-electron chi connectivity index (χ0n) is 25.1. The summed E-state index contributed by atoms with van der Waals surface area (Å²) in [5.74, 6) is -1.05. The number of benzene rings is 1. The van der Waals surface area contributed by atoms with Crippen LogP contribution in [0.15, 0.2) is 64.0 Å². The zero-order chi connectivity index (χ0) is 32.1. The van der Waals surface area contributed by atoms with Gasteiger partial charge in [-0.1, -0.05) is 30.3 Å². The maximum absolute atomic E-state index is 14.0. The first kappa shape index (κ1) is 31.0. The van der Waals surface area contributed by atoms with Gasteiger partial charge in [-0.25, -0.2) is 13.4 Å². The third kappa shape index (κ3) is 5.89. The van der Waals surface area contributed by atoms with Crippen molar-refractivity contribution in [2.24, 2.45) is 13.0 Å². The Hall–Kier alpha value is -4.01. The van der Waals surface area contributed by atoms with Crippen molar-refractivity contribution in [3.05, 3.63) is 75.1 Å². The SMILES string of the molecule is Cn1ccc2c(=O)n(CC3(O)CCN(C(=O)[C@@H]4CCN(C(=O)c5scc(S(C)(=O)=O)c5N)C[C@H]4c4ccccc4)CC3)cnc21. The molecule has 1 aromatic carbocycles. The van der Waals surface area contributed by atoms with Gasteiger partial charge < -0.3 is 25.2 Å². The van der Waals surface area contributed by atoms with Crippen molar-refractivity contribution in [2.75, 3.05) is 38.2 Å². The molecule has 0 bridgehead atoms. The molecule has 0 unspecified atom stereocenters. The number of thiophene rings is 1. The molecular formula is C31H36N6O6S2. The molecular weight excluding hydrogens is 617 g/mol. The number of rotatable bonds is 6. The number of piperidine rings is 2. The number of aliphatic hydroxyl groups is 1. The van der Waals surface area contributed by atoms with E-state index in [4.69, 9.17) is 5.73 Å². The Kier molecular flexibility index (Phi) is 8.08. The van der Waals surface area contributed by atoms with Crippen molar-refractivity contribution in [3.8, 4) is 0 Å². The van der Waals surface area contributed by atoms with Crippen molar-refractivity contribution in [1.29, 1.82) is 0 Å². The van der Waals surface area contributed by atoms with Gasteiger partial charge in [0.15, 0.2) is 9.84 Å². The molecule has 2 amide bonds. The quantitative estimate of drug-likeness (QED) is 0.320. The summed E-state index contributed by atoms with van der Waals surface area (Å²) in [5.41, 5.74) is 6.20. The Morgan fingerprint density at radius 2 is 1.82 bits per heavy atom. The van der Waals surface area contributed by atoms with Gasteiger partial charge in [0.25, 0.3) is 11.5 Å². The molecule has 4 aromatic rings. The summed E-state index contributed by atoms with van der Waals surface area (Å²) in [7, 11) is -1.75. The summed E-state index contributed by atoms with van der Waals surface area (Å²) in [6.45, 7) is 1.36. The molecule has 0 radical (unpaired) electrons. The van der Waals surface area contributed by atoms with Crippen molar-refractivity contribution in [2.45, 2.75) is 42.2 Å². The average Bonchev–Trinajstić information content (AvgIpc) is 3.61. The van der Waals surface area contributed by atoms with E-state index < -0.39 is 15.4 Å². The highest BCUT2D eigenvalue weighted by atomic mass is 32.2. The van der Waals surface area contributed by atoms with Gasteiger partial charge in [-0.3, -0.25) is 19.0 Å². The Morgan fingerprint density at radius 3 is 2.49 bits per heavy atom. The lowest BCUT2D eigenvalue weighted by atomic mass is 9.79. The molecule has 2 aliphatic heterocycles. The summed E-state index contributed by atoms with van der Waals surface area (Å²) in [5, 5.41) is 13.3. The predicted octanol–water partition coefficient (Wildman–Crippen LogP) is 2.08. The van der Waals surface area contributed by atoms with Gasteiger partial charge in [0.2, 0.25) is 5.91 Å². The van der Waals surface area contributed by atoms with Crippen molar-refractivity contribution in [3.63, 3.8) is 0 Å². The van der Waals surface area contributed by atoms with E-state index in [9.17, 15) is 27.9 Å². The molecule has 0 spiro atoms. The van der Waals surface area contributed by atoms with E-state index in [1.54, 1.807) is 26.6 Å². The van der Waals surface area contributed by atoms with Gasteiger partial charge >= 0.3 is 0 Å². The van der Waals surface area contributed by atoms with Crippen LogP contribution in [0.1, 0.15) is 40.4 Å². The second-order valence-electron chi connectivity index (χ2n) is 12.2. The second-order valence-corrected chi connectivity index (χ2v) is 15.0. The van der Waals surface area contributed by atoms with Crippen molar-refractivity contribution >= 4 is 49.7 Å². The van der Waals surface area contributed by atoms with E-state index in [2.05, 4.69) is 4.98 Å². The zero-order valence-corrected chi connectivity index (χ0v) is 26.8. The average molecular weight is 653 g/mol.